The number of nitrogens with two attached hydrogens (primary N) is 1. The first-order valence-corrected chi connectivity index (χ1v) is 7.70. The number of hydrogen-bond donors (Lipinski definition) is 4. The van der Waals surface area contributed by atoms with Crippen molar-refractivity contribution in [3.63, 3.8) is 0 Å². The van der Waals surface area contributed by atoms with Crippen molar-refractivity contribution < 1.29 is 33.8 Å². The van der Waals surface area contributed by atoms with Gasteiger partial charge in [0.05, 0.1) is 29.6 Å². The zero-order valence-corrected chi connectivity index (χ0v) is 14.4. The Labute approximate surface area is 157 Å². The Kier molecular flexibility index (Phi) is 4.73. The number of aromatic carboxylic acids is 1. The number of carboxylic acid groups (broad SMARTS) is 2. The first-order valence-electron chi connectivity index (χ1n) is 7.70. The van der Waals surface area contributed by atoms with Gasteiger partial charge in [0.1, 0.15) is 12.0 Å². The number of carbonyl (C=O) groups is 3. The molecule has 0 atom stereocenters. The van der Waals surface area contributed by atoms with Crippen molar-refractivity contribution in [2.75, 3.05) is 18.2 Å². The summed E-state index contributed by atoms with van der Waals surface area (Å²) in [5.41, 5.74) is 6.52. The van der Waals surface area contributed by atoms with Gasteiger partial charge in [-0.05, 0) is 18.2 Å². The Balaban J connectivity index is 2.08. The number of nitrogens with zero attached hydrogens (tertiary/aromatic N) is 2. The molecule has 2 heterocycles. The van der Waals surface area contributed by atoms with Crippen LogP contribution in [0, 0.1) is 0 Å². The van der Waals surface area contributed by atoms with Crippen molar-refractivity contribution in [3.8, 4) is 17.1 Å². The predicted molar refractivity (Wildman–Crippen MR) is 95.6 cm³/mol. The lowest BCUT2D eigenvalue weighted by Gasteiger charge is -2.12. The van der Waals surface area contributed by atoms with Crippen LogP contribution in [0.4, 0.5) is 16.4 Å². The van der Waals surface area contributed by atoms with Gasteiger partial charge < -0.3 is 25.1 Å². The van der Waals surface area contributed by atoms with E-state index in [1.807, 2.05) is 0 Å². The van der Waals surface area contributed by atoms with Gasteiger partial charge in [-0.25, -0.2) is 19.4 Å². The average Bonchev–Trinajstić information content (AvgIpc) is 3.27. The van der Waals surface area contributed by atoms with Gasteiger partial charge >= 0.3 is 18.0 Å². The Morgan fingerprint density at radius 1 is 1.21 bits per heavy atom. The smallest absolute Gasteiger partial charge is 0.409 e. The number of anilines is 2. The molecule has 3 rings (SSSR count). The number of rotatable bonds is 5. The third-order valence-corrected chi connectivity index (χ3v) is 3.75. The summed E-state index contributed by atoms with van der Waals surface area (Å²) < 4.78 is 11.2. The quantitative estimate of drug-likeness (QED) is 0.480. The Morgan fingerprint density at radius 3 is 2.61 bits per heavy atom. The number of imidazole rings is 1. The predicted octanol–water partition coefficient (Wildman–Crippen LogP) is 2.29. The topological polar surface area (TPSA) is 170 Å². The highest BCUT2D eigenvalue weighted by Gasteiger charge is 2.18. The molecule has 3 aromatic rings. The van der Waals surface area contributed by atoms with Crippen molar-refractivity contribution >= 4 is 29.7 Å². The molecule has 0 radical (unpaired) electrons. The number of amides is 1. The summed E-state index contributed by atoms with van der Waals surface area (Å²) in [7, 11) is 1.23. The maximum Gasteiger partial charge on any atom is 0.409 e. The van der Waals surface area contributed by atoms with Crippen molar-refractivity contribution in [2.24, 2.45) is 0 Å². The second-order valence-electron chi connectivity index (χ2n) is 5.51. The Hall–Kier alpha value is -4.28. The molecule has 2 aromatic heterocycles. The molecule has 11 nitrogen and oxygen atoms in total. The largest absolute Gasteiger partial charge is 0.478 e. The van der Waals surface area contributed by atoms with Gasteiger partial charge in [-0.2, -0.15) is 0 Å². The van der Waals surface area contributed by atoms with Crippen LogP contribution in [0.25, 0.3) is 17.1 Å². The van der Waals surface area contributed by atoms with Crippen LogP contribution in [0.1, 0.15) is 20.7 Å². The zero-order valence-electron chi connectivity index (χ0n) is 14.4. The van der Waals surface area contributed by atoms with Crippen LogP contribution in [0.5, 0.6) is 0 Å². The van der Waals surface area contributed by atoms with E-state index < -0.39 is 18.0 Å². The molecular formula is C17H14N4O7. The molecule has 1 aromatic carbocycles. The summed E-state index contributed by atoms with van der Waals surface area (Å²) in [4.78, 5) is 38.0. The van der Waals surface area contributed by atoms with E-state index in [0.29, 0.717) is 0 Å². The monoisotopic (exact) mass is 386 g/mol. The first-order chi connectivity index (χ1) is 13.3. The molecule has 0 aliphatic carbocycles. The average molecular weight is 386 g/mol. The summed E-state index contributed by atoms with van der Waals surface area (Å²) in [6.07, 6.45) is 1.28. The maximum absolute atomic E-state index is 11.5. The molecule has 11 heteroatoms. The van der Waals surface area contributed by atoms with Gasteiger partial charge in [-0.3, -0.25) is 9.88 Å². The number of nitrogen functional groups attached to an aromatic ring is 1. The summed E-state index contributed by atoms with van der Waals surface area (Å²) in [6, 6.07) is 5.20. The van der Waals surface area contributed by atoms with Gasteiger partial charge in [0, 0.05) is 12.3 Å². The molecule has 5 N–H and O–H groups in total. The van der Waals surface area contributed by atoms with Crippen LogP contribution in [-0.2, 0) is 4.74 Å². The number of hydrogen-bond acceptors (Lipinski definition) is 7. The van der Waals surface area contributed by atoms with E-state index in [0.717, 1.165) is 0 Å². The third-order valence-electron chi connectivity index (χ3n) is 3.75. The summed E-state index contributed by atoms with van der Waals surface area (Å²) in [5.74, 6) is -1.63. The molecule has 144 valence electrons. The lowest BCUT2D eigenvalue weighted by Crippen LogP contribution is -2.12. The van der Waals surface area contributed by atoms with Crippen molar-refractivity contribution in [3.05, 3.63) is 47.9 Å². The van der Waals surface area contributed by atoms with E-state index >= 15 is 0 Å². The fraction of sp³-hybridized carbons (Fsp3) is 0.0588. The molecule has 1 amide bonds. The lowest BCUT2D eigenvalue weighted by atomic mass is 10.1. The summed E-state index contributed by atoms with van der Waals surface area (Å²) >= 11 is 0. The van der Waals surface area contributed by atoms with Gasteiger partial charge in [0.25, 0.3) is 0 Å². The molecule has 28 heavy (non-hydrogen) atoms. The minimum absolute atomic E-state index is 0.0537. The van der Waals surface area contributed by atoms with Crippen LogP contribution in [0.3, 0.4) is 0 Å². The molecule has 0 saturated carbocycles. The standard InChI is InChI=1S/C17H14N4O7/c1-27-15(24)9-5-13(28-7-9)11-6-21(16(18)19-11)12-4-8(14(22)23)2-3-10(12)20-17(25)26/h2-7,20H,1H3,(H2,18,19)(H,22,23)(H,25,26). The molecule has 0 fully saturated rings. The molecule has 0 saturated heterocycles. The maximum atomic E-state index is 11.5. The van der Waals surface area contributed by atoms with E-state index in [1.54, 1.807) is 0 Å². The van der Waals surface area contributed by atoms with E-state index in [1.165, 1.54) is 48.4 Å². The molecular weight excluding hydrogens is 372 g/mol. The lowest BCUT2D eigenvalue weighted by molar-refractivity contribution is 0.0599. The second-order valence-corrected chi connectivity index (χ2v) is 5.51. The van der Waals surface area contributed by atoms with Crippen LogP contribution >= 0.6 is 0 Å². The van der Waals surface area contributed by atoms with Crippen LogP contribution in [0.15, 0.2) is 41.1 Å². The minimum Gasteiger partial charge on any atom is -0.478 e. The Bertz CT molecular complexity index is 1080. The highest BCUT2D eigenvalue weighted by Crippen LogP contribution is 2.29. The number of nitrogens with one attached hydrogen (secondary N) is 1. The minimum atomic E-state index is -1.34. The fourth-order valence-electron chi connectivity index (χ4n) is 2.49. The summed E-state index contributed by atoms with van der Waals surface area (Å²) in [5, 5.41) is 20.4. The number of esters is 1. The van der Waals surface area contributed by atoms with Crippen molar-refractivity contribution in [1.29, 1.82) is 0 Å². The van der Waals surface area contributed by atoms with Crippen molar-refractivity contribution in [1.82, 2.24) is 9.55 Å². The fourth-order valence-corrected chi connectivity index (χ4v) is 2.49. The molecule has 0 aliphatic rings. The number of aromatic nitrogens is 2. The number of ether oxygens (including phenoxy) is 1. The van der Waals surface area contributed by atoms with Crippen LogP contribution in [0.2, 0.25) is 0 Å². The number of methoxy groups -OCH3 is 1. The van der Waals surface area contributed by atoms with E-state index in [-0.39, 0.29) is 39.9 Å². The molecule has 0 spiro atoms. The van der Waals surface area contributed by atoms with E-state index in [9.17, 15) is 19.5 Å². The number of carboxylic acids is 1. The summed E-state index contributed by atoms with van der Waals surface area (Å²) in [6.45, 7) is 0. The van der Waals surface area contributed by atoms with Gasteiger partial charge in [-0.1, -0.05) is 0 Å². The number of furan rings is 1. The van der Waals surface area contributed by atoms with E-state index in [2.05, 4.69) is 15.0 Å². The van der Waals surface area contributed by atoms with Crippen LogP contribution < -0.4 is 11.1 Å². The highest BCUT2D eigenvalue weighted by molar-refractivity contribution is 5.92. The first kappa shape index (κ1) is 18.5. The van der Waals surface area contributed by atoms with Gasteiger partial charge in [-0.15, -0.1) is 0 Å². The zero-order chi connectivity index (χ0) is 20.4. The van der Waals surface area contributed by atoms with Crippen molar-refractivity contribution in [2.45, 2.75) is 0 Å². The van der Waals surface area contributed by atoms with Crippen LogP contribution in [-0.4, -0.2) is 44.9 Å². The molecule has 0 unspecified atom stereocenters. The molecule has 0 aliphatic heterocycles. The van der Waals surface area contributed by atoms with Gasteiger partial charge in [0.15, 0.2) is 5.76 Å². The highest BCUT2D eigenvalue weighted by atomic mass is 16.5. The molecule has 0 bridgehead atoms. The number of carbonyl (C=O) groups excluding carboxylic acids is 1. The van der Waals surface area contributed by atoms with E-state index in [4.69, 9.17) is 15.3 Å². The van der Waals surface area contributed by atoms with Gasteiger partial charge in [0.2, 0.25) is 5.95 Å². The Morgan fingerprint density at radius 2 is 1.96 bits per heavy atom. The third kappa shape index (κ3) is 3.49. The SMILES string of the molecule is COC(=O)c1coc(-c2cn(-c3cc(C(=O)O)ccc3NC(=O)O)c(N)n2)c1. The number of benzene rings is 1. The normalized spacial score (nSPS) is 10.5. The second kappa shape index (κ2) is 7.15.